The standard InChI is InChI=1S/C15H19N3S/c1-10-8-12-6-4-5-7-13(12)17-15(10)18(3)11(2)9-14(16)19/h4-8,11H,9H2,1-3H3,(H2,16,19). The number of hydrogen-bond donors (Lipinski definition) is 1. The van der Waals surface area contributed by atoms with Crippen molar-refractivity contribution in [1.29, 1.82) is 0 Å². The lowest BCUT2D eigenvalue weighted by atomic mass is 10.1. The number of pyridine rings is 1. The van der Waals surface area contributed by atoms with Crippen LogP contribution in [-0.4, -0.2) is 23.1 Å². The molecule has 1 unspecified atom stereocenters. The normalized spacial score (nSPS) is 12.4. The summed E-state index contributed by atoms with van der Waals surface area (Å²) in [6.07, 6.45) is 0.694. The Hall–Kier alpha value is -1.68. The minimum atomic E-state index is 0.241. The van der Waals surface area contributed by atoms with E-state index in [1.54, 1.807) is 0 Å². The molecule has 0 aliphatic carbocycles. The van der Waals surface area contributed by atoms with E-state index in [-0.39, 0.29) is 6.04 Å². The molecule has 0 fully saturated rings. The number of aromatic nitrogens is 1. The molecule has 4 heteroatoms. The summed E-state index contributed by atoms with van der Waals surface area (Å²) in [5.74, 6) is 0.988. The Morgan fingerprint density at radius 1 is 1.42 bits per heavy atom. The molecular formula is C15H19N3S. The third kappa shape index (κ3) is 3.01. The zero-order chi connectivity index (χ0) is 14.0. The summed E-state index contributed by atoms with van der Waals surface area (Å²) in [5, 5.41) is 1.17. The molecule has 2 N–H and O–H groups in total. The van der Waals surface area contributed by atoms with Crippen molar-refractivity contribution in [2.24, 2.45) is 5.73 Å². The monoisotopic (exact) mass is 273 g/mol. The zero-order valence-electron chi connectivity index (χ0n) is 11.6. The smallest absolute Gasteiger partial charge is 0.132 e. The topological polar surface area (TPSA) is 42.2 Å². The molecule has 1 heterocycles. The highest BCUT2D eigenvalue weighted by atomic mass is 32.1. The molecule has 0 amide bonds. The van der Waals surface area contributed by atoms with Crippen molar-refractivity contribution in [3.05, 3.63) is 35.9 Å². The maximum atomic E-state index is 5.62. The van der Waals surface area contributed by atoms with Crippen molar-refractivity contribution in [2.45, 2.75) is 26.3 Å². The molecule has 0 aliphatic heterocycles. The highest BCUT2D eigenvalue weighted by molar-refractivity contribution is 7.80. The molecule has 0 aliphatic rings. The lowest BCUT2D eigenvalue weighted by molar-refractivity contribution is 0.704. The number of aryl methyl sites for hydroxylation is 1. The second-order valence-corrected chi connectivity index (χ2v) is 5.48. The van der Waals surface area contributed by atoms with Crippen LogP contribution in [0.3, 0.4) is 0 Å². The molecule has 100 valence electrons. The number of nitrogens with zero attached hydrogens (tertiary/aromatic N) is 2. The molecule has 19 heavy (non-hydrogen) atoms. The Bertz CT molecular complexity index is 609. The first-order chi connectivity index (χ1) is 8.99. The zero-order valence-corrected chi connectivity index (χ0v) is 12.4. The molecule has 0 spiro atoms. The summed E-state index contributed by atoms with van der Waals surface area (Å²) in [5.41, 5.74) is 7.80. The Morgan fingerprint density at radius 2 is 2.11 bits per heavy atom. The molecule has 3 nitrogen and oxygen atoms in total. The van der Waals surface area contributed by atoms with Gasteiger partial charge in [-0.3, -0.25) is 0 Å². The van der Waals surface area contributed by atoms with Crippen LogP contribution in [-0.2, 0) is 0 Å². The van der Waals surface area contributed by atoms with Crippen LogP contribution in [0.4, 0.5) is 5.82 Å². The number of rotatable bonds is 4. The first-order valence-corrected chi connectivity index (χ1v) is 6.77. The van der Waals surface area contributed by atoms with Crippen molar-refractivity contribution >= 4 is 33.9 Å². The van der Waals surface area contributed by atoms with Gasteiger partial charge in [-0.25, -0.2) is 4.98 Å². The van der Waals surface area contributed by atoms with Gasteiger partial charge in [-0.1, -0.05) is 30.4 Å². The Balaban J connectivity index is 2.38. The minimum Gasteiger partial charge on any atom is -0.393 e. The molecule has 0 bridgehead atoms. The van der Waals surface area contributed by atoms with Crippen LogP contribution >= 0.6 is 12.2 Å². The Morgan fingerprint density at radius 3 is 2.79 bits per heavy atom. The maximum absolute atomic E-state index is 5.62. The molecule has 1 atom stereocenters. The third-order valence-corrected chi connectivity index (χ3v) is 3.55. The fraction of sp³-hybridized carbons (Fsp3) is 0.333. The molecule has 2 rings (SSSR count). The minimum absolute atomic E-state index is 0.241. The predicted octanol–water partition coefficient (Wildman–Crippen LogP) is 3.04. The van der Waals surface area contributed by atoms with Gasteiger partial charge in [0, 0.05) is 24.9 Å². The van der Waals surface area contributed by atoms with E-state index < -0.39 is 0 Å². The maximum Gasteiger partial charge on any atom is 0.132 e. The molecule has 1 aromatic heterocycles. The van der Waals surface area contributed by atoms with Crippen molar-refractivity contribution < 1.29 is 0 Å². The Labute approximate surface area is 119 Å². The average Bonchev–Trinajstić information content (AvgIpc) is 2.36. The van der Waals surface area contributed by atoms with Crippen LogP contribution in [0.25, 0.3) is 10.9 Å². The molecule has 0 saturated carbocycles. The van der Waals surface area contributed by atoms with Crippen LogP contribution in [0.1, 0.15) is 18.9 Å². The van der Waals surface area contributed by atoms with Crippen molar-refractivity contribution in [2.75, 3.05) is 11.9 Å². The lowest BCUT2D eigenvalue weighted by Crippen LogP contribution is -2.33. The molecule has 2 aromatic rings. The fourth-order valence-corrected chi connectivity index (χ4v) is 2.45. The van der Waals surface area contributed by atoms with Crippen LogP contribution in [0.5, 0.6) is 0 Å². The summed E-state index contributed by atoms with van der Waals surface area (Å²) in [6.45, 7) is 4.19. The number of thiocarbonyl (C=S) groups is 1. The summed E-state index contributed by atoms with van der Waals surface area (Å²) < 4.78 is 0. The van der Waals surface area contributed by atoms with Crippen LogP contribution < -0.4 is 10.6 Å². The van der Waals surface area contributed by atoms with Gasteiger partial charge >= 0.3 is 0 Å². The van der Waals surface area contributed by atoms with E-state index >= 15 is 0 Å². The van der Waals surface area contributed by atoms with E-state index in [9.17, 15) is 0 Å². The van der Waals surface area contributed by atoms with Crippen molar-refractivity contribution in [3.8, 4) is 0 Å². The summed E-state index contributed by atoms with van der Waals surface area (Å²) in [7, 11) is 2.03. The molecule has 0 saturated heterocycles. The van der Waals surface area contributed by atoms with E-state index in [1.165, 1.54) is 5.39 Å². The molecular weight excluding hydrogens is 254 g/mol. The van der Waals surface area contributed by atoms with Crippen molar-refractivity contribution in [1.82, 2.24) is 4.98 Å². The first kappa shape index (κ1) is 13.7. The SMILES string of the molecule is Cc1cc2ccccc2nc1N(C)C(C)CC(N)=S. The molecule has 0 radical (unpaired) electrons. The highest BCUT2D eigenvalue weighted by Crippen LogP contribution is 2.23. The van der Waals surface area contributed by atoms with Gasteiger partial charge in [0.25, 0.3) is 0 Å². The van der Waals surface area contributed by atoms with Crippen LogP contribution in [0.2, 0.25) is 0 Å². The largest absolute Gasteiger partial charge is 0.393 e. The highest BCUT2D eigenvalue weighted by Gasteiger charge is 2.15. The lowest BCUT2D eigenvalue weighted by Gasteiger charge is -2.27. The van der Waals surface area contributed by atoms with E-state index in [4.69, 9.17) is 22.9 Å². The van der Waals surface area contributed by atoms with Gasteiger partial charge < -0.3 is 10.6 Å². The van der Waals surface area contributed by atoms with Crippen molar-refractivity contribution in [3.63, 3.8) is 0 Å². The second kappa shape index (κ2) is 5.53. The quantitative estimate of drug-likeness (QED) is 0.869. The van der Waals surface area contributed by atoms with Crippen LogP contribution in [0, 0.1) is 6.92 Å². The van der Waals surface area contributed by atoms with Gasteiger partial charge in [0.15, 0.2) is 0 Å². The van der Waals surface area contributed by atoms with Gasteiger partial charge in [-0.2, -0.15) is 0 Å². The summed E-state index contributed by atoms with van der Waals surface area (Å²) in [4.78, 5) is 7.42. The average molecular weight is 273 g/mol. The predicted molar refractivity (Wildman–Crippen MR) is 85.7 cm³/mol. The molecule has 1 aromatic carbocycles. The van der Waals surface area contributed by atoms with Gasteiger partial charge in [0.2, 0.25) is 0 Å². The van der Waals surface area contributed by atoms with Gasteiger partial charge in [0.1, 0.15) is 5.82 Å². The van der Waals surface area contributed by atoms with E-state index in [0.29, 0.717) is 11.4 Å². The van der Waals surface area contributed by atoms with E-state index in [0.717, 1.165) is 16.9 Å². The van der Waals surface area contributed by atoms with Gasteiger partial charge in [-0.15, -0.1) is 0 Å². The van der Waals surface area contributed by atoms with Gasteiger partial charge in [0.05, 0.1) is 10.5 Å². The number of hydrogen-bond acceptors (Lipinski definition) is 3. The number of fused-ring (bicyclic) bond motifs is 1. The van der Waals surface area contributed by atoms with E-state index in [1.807, 2.05) is 25.2 Å². The number of nitrogens with two attached hydrogens (primary N) is 1. The summed E-state index contributed by atoms with van der Waals surface area (Å²) in [6, 6.07) is 10.6. The first-order valence-electron chi connectivity index (χ1n) is 6.36. The number of para-hydroxylation sites is 1. The summed E-state index contributed by atoms with van der Waals surface area (Å²) >= 11 is 4.98. The van der Waals surface area contributed by atoms with Gasteiger partial charge in [-0.05, 0) is 31.5 Å². The van der Waals surface area contributed by atoms with E-state index in [2.05, 4.69) is 30.9 Å². The second-order valence-electron chi connectivity index (χ2n) is 4.95. The number of anilines is 1. The third-order valence-electron chi connectivity index (χ3n) is 3.38. The fourth-order valence-electron chi connectivity index (χ4n) is 2.21. The van der Waals surface area contributed by atoms with Crippen LogP contribution in [0.15, 0.2) is 30.3 Å². The Kier molecular flexibility index (Phi) is 4.00. The number of benzene rings is 1.